The Bertz CT molecular complexity index is 1510. The second-order valence-electron chi connectivity index (χ2n) is 12.7. The van der Waals surface area contributed by atoms with Crippen molar-refractivity contribution < 1.29 is 29.0 Å². The first kappa shape index (κ1) is 28.8. The summed E-state index contributed by atoms with van der Waals surface area (Å²) in [6.45, 7) is 7.36. The first-order valence-electron chi connectivity index (χ1n) is 15.1. The number of likely N-dealkylation sites (tertiary alicyclic amines) is 1. The summed E-state index contributed by atoms with van der Waals surface area (Å²) >= 11 is 0. The van der Waals surface area contributed by atoms with E-state index in [4.69, 9.17) is 9.47 Å². The van der Waals surface area contributed by atoms with Crippen molar-refractivity contribution in [3.05, 3.63) is 82.7 Å². The predicted octanol–water partition coefficient (Wildman–Crippen LogP) is 6.28. The average molecular weight is 586 g/mol. The Morgan fingerprint density at radius 3 is 2.30 bits per heavy atom. The third-order valence-electron chi connectivity index (χ3n) is 8.73. The highest BCUT2D eigenvalue weighted by Gasteiger charge is 2.37. The van der Waals surface area contributed by atoms with Crippen molar-refractivity contribution in [2.45, 2.75) is 77.1 Å². The van der Waals surface area contributed by atoms with Gasteiger partial charge in [0, 0.05) is 36.9 Å². The molecular weight excluding hydrogens is 546 g/mol. The Balaban J connectivity index is 1.26. The number of carbonyl (C=O) groups is 3. The number of benzene rings is 2. The monoisotopic (exact) mass is 585 g/mol. The van der Waals surface area contributed by atoms with E-state index in [2.05, 4.69) is 28.8 Å². The van der Waals surface area contributed by atoms with Crippen molar-refractivity contribution in [1.29, 1.82) is 0 Å². The molecule has 1 N–H and O–H groups in total. The van der Waals surface area contributed by atoms with E-state index in [9.17, 15) is 19.5 Å². The zero-order chi connectivity index (χ0) is 30.3. The minimum absolute atomic E-state index is 0.0836. The number of fused-ring (bicyclic) bond motifs is 4. The molecule has 3 aliphatic rings. The number of aromatic carboxylic acids is 1. The highest BCUT2D eigenvalue weighted by atomic mass is 16.6. The molecule has 9 heteroatoms. The maximum Gasteiger partial charge on any atom is 0.410 e. The number of aromatic nitrogens is 1. The molecule has 1 aliphatic carbocycles. The van der Waals surface area contributed by atoms with Crippen LogP contribution in [-0.4, -0.2) is 69.0 Å². The molecule has 2 amide bonds. The minimum atomic E-state index is -0.957. The van der Waals surface area contributed by atoms with E-state index in [1.807, 2.05) is 45.0 Å². The highest BCUT2D eigenvalue weighted by Crippen LogP contribution is 2.44. The number of carboxylic acid groups (broad SMARTS) is 1. The Kier molecular flexibility index (Phi) is 7.66. The van der Waals surface area contributed by atoms with Crippen molar-refractivity contribution in [2.75, 3.05) is 19.7 Å². The maximum absolute atomic E-state index is 14.0. The summed E-state index contributed by atoms with van der Waals surface area (Å²) in [5.74, 6) is -1.04. The van der Waals surface area contributed by atoms with Gasteiger partial charge >= 0.3 is 18.2 Å². The van der Waals surface area contributed by atoms with E-state index in [1.165, 1.54) is 0 Å². The largest absolute Gasteiger partial charge is 0.478 e. The number of ether oxygens (including phenoxy) is 2. The van der Waals surface area contributed by atoms with Crippen LogP contribution < -0.4 is 0 Å². The molecule has 9 nitrogen and oxygen atoms in total. The lowest BCUT2D eigenvalue weighted by molar-refractivity contribution is 0.0271. The third-order valence-corrected chi connectivity index (χ3v) is 8.73. The van der Waals surface area contributed by atoms with Crippen molar-refractivity contribution in [1.82, 2.24) is 14.4 Å². The first-order valence-corrected chi connectivity index (χ1v) is 15.1. The second kappa shape index (κ2) is 11.4. The fourth-order valence-corrected chi connectivity index (χ4v) is 6.76. The number of hydrogen-bond donors (Lipinski definition) is 1. The molecule has 0 radical (unpaired) electrons. The molecule has 0 spiro atoms. The summed E-state index contributed by atoms with van der Waals surface area (Å²) in [6.07, 6.45) is 2.28. The van der Waals surface area contributed by atoms with Crippen molar-refractivity contribution in [2.24, 2.45) is 0 Å². The lowest BCUT2D eigenvalue weighted by Gasteiger charge is -2.30. The quantitative estimate of drug-likeness (QED) is 0.365. The second-order valence-corrected chi connectivity index (χ2v) is 12.7. The Labute approximate surface area is 252 Å². The van der Waals surface area contributed by atoms with Gasteiger partial charge in [-0.2, -0.15) is 0 Å². The lowest BCUT2D eigenvalue weighted by Crippen LogP contribution is -2.44. The standard InChI is InChI=1S/C34H39N3O6/c1-34(2,3)43-32(40)35-17-15-22(19-35)37(20-23-18-28(31(38)39)30-14-8-9-16-36(23)30)33(41)42-21-29-26-12-6-4-10-24(26)25-11-5-7-13-27(25)29/h4-7,10-13,18,22,29H,8-9,14-17,19-21H2,1-3H3,(H,38,39). The predicted molar refractivity (Wildman–Crippen MR) is 161 cm³/mol. The molecule has 6 rings (SSSR count). The van der Waals surface area contributed by atoms with Gasteiger partial charge in [0.15, 0.2) is 0 Å². The fraction of sp³-hybridized carbons (Fsp3) is 0.441. The molecular formula is C34H39N3O6. The molecule has 1 unspecified atom stereocenters. The molecule has 1 fully saturated rings. The summed E-state index contributed by atoms with van der Waals surface area (Å²) in [5, 5.41) is 9.89. The summed E-state index contributed by atoms with van der Waals surface area (Å²) < 4.78 is 13.7. The summed E-state index contributed by atoms with van der Waals surface area (Å²) in [4.78, 5) is 42.2. The van der Waals surface area contributed by atoms with Crippen LogP contribution in [-0.2, 0) is 29.0 Å². The van der Waals surface area contributed by atoms with E-state index >= 15 is 0 Å². The SMILES string of the molecule is CC(C)(C)OC(=O)N1CCC(N(Cc2cc(C(=O)O)c3n2CCCC3)C(=O)OCC2c3ccccc3-c3ccccc32)C1. The normalized spacial score (nSPS) is 17.7. The molecule has 1 saturated heterocycles. The van der Waals surface area contributed by atoms with E-state index in [0.29, 0.717) is 38.0 Å². The van der Waals surface area contributed by atoms with Crippen LogP contribution in [0.3, 0.4) is 0 Å². The lowest BCUT2D eigenvalue weighted by atomic mass is 9.98. The summed E-state index contributed by atoms with van der Waals surface area (Å²) in [5.41, 5.74) is 5.82. The van der Waals surface area contributed by atoms with Gasteiger partial charge in [0.1, 0.15) is 12.2 Å². The number of carbonyl (C=O) groups excluding carboxylic acids is 2. The molecule has 0 saturated carbocycles. The van der Waals surface area contributed by atoms with Gasteiger partial charge in [-0.1, -0.05) is 48.5 Å². The zero-order valence-electron chi connectivity index (χ0n) is 25.0. The maximum atomic E-state index is 14.0. The van der Waals surface area contributed by atoms with E-state index < -0.39 is 23.8 Å². The van der Waals surface area contributed by atoms with Crippen molar-refractivity contribution in [3.8, 4) is 11.1 Å². The van der Waals surface area contributed by atoms with E-state index in [0.717, 1.165) is 46.5 Å². The molecule has 2 aliphatic heterocycles. The third kappa shape index (κ3) is 5.72. The van der Waals surface area contributed by atoms with Crippen LogP contribution in [0.4, 0.5) is 9.59 Å². The number of amides is 2. The van der Waals surface area contributed by atoms with Crippen LogP contribution in [0.1, 0.15) is 78.8 Å². The molecule has 1 aromatic heterocycles. The van der Waals surface area contributed by atoms with Crippen LogP contribution in [0.5, 0.6) is 0 Å². The van der Waals surface area contributed by atoms with Crippen LogP contribution >= 0.6 is 0 Å². The van der Waals surface area contributed by atoms with Gasteiger partial charge in [-0.15, -0.1) is 0 Å². The zero-order valence-corrected chi connectivity index (χ0v) is 25.0. The fourth-order valence-electron chi connectivity index (χ4n) is 6.76. The van der Waals surface area contributed by atoms with Crippen LogP contribution in [0.2, 0.25) is 0 Å². The number of hydrogen-bond acceptors (Lipinski definition) is 5. The Morgan fingerprint density at radius 2 is 1.65 bits per heavy atom. The summed E-state index contributed by atoms with van der Waals surface area (Å²) in [6, 6.07) is 17.8. The Hall–Kier alpha value is -4.27. The van der Waals surface area contributed by atoms with Crippen molar-refractivity contribution in [3.63, 3.8) is 0 Å². The van der Waals surface area contributed by atoms with Gasteiger partial charge in [0.25, 0.3) is 0 Å². The molecule has 3 heterocycles. The van der Waals surface area contributed by atoms with Crippen LogP contribution in [0.15, 0.2) is 54.6 Å². The number of nitrogens with zero attached hydrogens (tertiary/aromatic N) is 3. The van der Waals surface area contributed by atoms with Gasteiger partial charge in [0.2, 0.25) is 0 Å². The Morgan fingerprint density at radius 1 is 0.977 bits per heavy atom. The molecule has 2 aromatic carbocycles. The topological polar surface area (TPSA) is 101 Å². The highest BCUT2D eigenvalue weighted by molar-refractivity contribution is 5.89. The number of rotatable bonds is 6. The van der Waals surface area contributed by atoms with Gasteiger partial charge in [-0.3, -0.25) is 4.90 Å². The van der Waals surface area contributed by atoms with Crippen LogP contribution in [0.25, 0.3) is 11.1 Å². The van der Waals surface area contributed by atoms with Crippen LogP contribution in [0, 0.1) is 0 Å². The number of carboxylic acids is 1. The molecule has 1 atom stereocenters. The molecule has 3 aromatic rings. The summed E-state index contributed by atoms with van der Waals surface area (Å²) in [7, 11) is 0. The molecule has 43 heavy (non-hydrogen) atoms. The smallest absolute Gasteiger partial charge is 0.410 e. The van der Waals surface area contributed by atoms with Crippen molar-refractivity contribution >= 4 is 18.2 Å². The average Bonchev–Trinajstić information content (AvgIpc) is 3.69. The molecule has 226 valence electrons. The van der Waals surface area contributed by atoms with Gasteiger partial charge < -0.3 is 24.0 Å². The van der Waals surface area contributed by atoms with Gasteiger partial charge in [-0.25, -0.2) is 14.4 Å². The minimum Gasteiger partial charge on any atom is -0.478 e. The van der Waals surface area contributed by atoms with E-state index in [1.54, 1.807) is 15.9 Å². The van der Waals surface area contributed by atoms with Gasteiger partial charge in [-0.05, 0) is 74.8 Å². The molecule has 0 bridgehead atoms. The van der Waals surface area contributed by atoms with E-state index in [-0.39, 0.29) is 25.1 Å². The van der Waals surface area contributed by atoms with Gasteiger partial charge in [0.05, 0.1) is 18.2 Å². The first-order chi connectivity index (χ1) is 20.6.